The van der Waals surface area contributed by atoms with Gasteiger partial charge in [0.2, 0.25) is 5.91 Å². The largest absolute Gasteiger partial charge is 0.481 e. The SMILES string of the molecule is C[C@@H]1OC(=O)N2C(C(=O)O)=C(S[C@@H]3CN[C@H](C(=O)Nc4cccc(C(=O)O)c4)C3)[C@H](C)[C@@H]2[C@@H]1C(=O)O. The summed E-state index contributed by atoms with van der Waals surface area (Å²) in [6, 6.07) is 4.34. The Morgan fingerprint density at radius 3 is 2.50 bits per heavy atom. The molecule has 0 aliphatic carbocycles. The number of aliphatic carboxylic acids is 2. The van der Waals surface area contributed by atoms with Crippen LogP contribution in [0, 0.1) is 11.8 Å². The fraction of sp³-hybridized carbons (Fsp3) is 0.435. The number of thioether (sulfide) groups is 1. The van der Waals surface area contributed by atoms with Gasteiger partial charge in [-0.2, -0.15) is 0 Å². The van der Waals surface area contributed by atoms with Gasteiger partial charge in [0.1, 0.15) is 17.7 Å². The maximum absolute atomic E-state index is 12.7. The Morgan fingerprint density at radius 1 is 1.14 bits per heavy atom. The number of carbonyl (C=O) groups is 5. The van der Waals surface area contributed by atoms with Gasteiger partial charge in [-0.3, -0.25) is 14.5 Å². The molecule has 192 valence electrons. The maximum Gasteiger partial charge on any atom is 0.415 e. The Balaban J connectivity index is 1.49. The Morgan fingerprint density at radius 2 is 1.86 bits per heavy atom. The number of aromatic carboxylic acids is 1. The van der Waals surface area contributed by atoms with Crippen molar-refractivity contribution < 1.29 is 44.0 Å². The summed E-state index contributed by atoms with van der Waals surface area (Å²) in [7, 11) is 0. The monoisotopic (exact) mass is 519 g/mol. The molecule has 13 heteroatoms. The minimum atomic E-state index is -1.36. The molecule has 6 atom stereocenters. The van der Waals surface area contributed by atoms with Crippen molar-refractivity contribution in [3.8, 4) is 0 Å². The molecule has 2 saturated heterocycles. The molecule has 4 rings (SSSR count). The van der Waals surface area contributed by atoms with E-state index in [1.807, 2.05) is 0 Å². The van der Waals surface area contributed by atoms with Gasteiger partial charge in [-0.05, 0) is 31.5 Å². The minimum Gasteiger partial charge on any atom is -0.481 e. The quantitative estimate of drug-likeness (QED) is 0.353. The molecule has 2 amide bonds. The van der Waals surface area contributed by atoms with Crippen LogP contribution >= 0.6 is 11.8 Å². The Bertz CT molecular complexity index is 1170. The second-order valence-electron chi connectivity index (χ2n) is 8.93. The Kier molecular flexibility index (Phi) is 6.96. The van der Waals surface area contributed by atoms with Crippen LogP contribution in [-0.4, -0.2) is 80.1 Å². The number of cyclic esters (lactones) is 1. The molecule has 3 heterocycles. The molecule has 0 spiro atoms. The average molecular weight is 520 g/mol. The van der Waals surface area contributed by atoms with E-state index in [0.29, 0.717) is 23.6 Å². The lowest BCUT2D eigenvalue weighted by molar-refractivity contribution is -0.153. The number of fused-ring (bicyclic) bond motifs is 1. The van der Waals surface area contributed by atoms with Crippen molar-refractivity contribution in [3.63, 3.8) is 0 Å². The van der Waals surface area contributed by atoms with Gasteiger partial charge in [-0.15, -0.1) is 11.8 Å². The summed E-state index contributed by atoms with van der Waals surface area (Å²) >= 11 is 1.21. The van der Waals surface area contributed by atoms with Crippen molar-refractivity contribution in [2.24, 2.45) is 11.8 Å². The van der Waals surface area contributed by atoms with Crippen molar-refractivity contribution in [1.29, 1.82) is 0 Å². The van der Waals surface area contributed by atoms with Crippen LogP contribution in [0.15, 0.2) is 34.9 Å². The Labute approximate surface area is 209 Å². The molecular weight excluding hydrogens is 494 g/mol. The highest BCUT2D eigenvalue weighted by Gasteiger charge is 2.56. The molecular formula is C23H25N3O9S. The van der Waals surface area contributed by atoms with E-state index >= 15 is 0 Å². The zero-order chi connectivity index (χ0) is 26.3. The number of nitrogens with one attached hydrogen (secondary N) is 2. The van der Waals surface area contributed by atoms with Gasteiger partial charge in [-0.25, -0.2) is 14.4 Å². The maximum atomic E-state index is 12.7. The molecule has 0 aromatic heterocycles. The number of hydrogen-bond donors (Lipinski definition) is 5. The van der Waals surface area contributed by atoms with Gasteiger partial charge in [0.25, 0.3) is 0 Å². The number of carboxylic acids is 3. The zero-order valence-electron chi connectivity index (χ0n) is 19.3. The van der Waals surface area contributed by atoms with Gasteiger partial charge in [0.15, 0.2) is 0 Å². The summed E-state index contributed by atoms with van der Waals surface area (Å²) < 4.78 is 5.15. The number of rotatable bonds is 7. The highest BCUT2D eigenvalue weighted by Crippen LogP contribution is 2.48. The van der Waals surface area contributed by atoms with Crippen LogP contribution in [0.25, 0.3) is 0 Å². The van der Waals surface area contributed by atoms with Gasteiger partial charge >= 0.3 is 24.0 Å². The van der Waals surface area contributed by atoms with E-state index in [9.17, 15) is 34.2 Å². The van der Waals surface area contributed by atoms with Gasteiger partial charge in [0, 0.05) is 28.3 Å². The number of anilines is 1. The molecule has 0 unspecified atom stereocenters. The summed E-state index contributed by atoms with van der Waals surface area (Å²) in [5, 5.41) is 34.3. The topological polar surface area (TPSA) is 183 Å². The van der Waals surface area contributed by atoms with Crippen LogP contribution in [0.5, 0.6) is 0 Å². The van der Waals surface area contributed by atoms with E-state index in [4.69, 9.17) is 9.84 Å². The lowest BCUT2D eigenvalue weighted by Crippen LogP contribution is -2.56. The molecule has 1 aromatic carbocycles. The molecule has 36 heavy (non-hydrogen) atoms. The van der Waals surface area contributed by atoms with E-state index < -0.39 is 54.0 Å². The van der Waals surface area contributed by atoms with Crippen LogP contribution in [0.4, 0.5) is 10.5 Å². The van der Waals surface area contributed by atoms with E-state index in [2.05, 4.69) is 10.6 Å². The molecule has 3 aliphatic rings. The summed E-state index contributed by atoms with van der Waals surface area (Å²) in [5.41, 5.74) is 0.0781. The Hall–Kier alpha value is -3.58. The highest BCUT2D eigenvalue weighted by molar-refractivity contribution is 8.03. The van der Waals surface area contributed by atoms with Gasteiger partial charge in [-0.1, -0.05) is 13.0 Å². The first-order valence-electron chi connectivity index (χ1n) is 11.2. The smallest absolute Gasteiger partial charge is 0.415 e. The fourth-order valence-corrected chi connectivity index (χ4v) is 6.44. The summed E-state index contributed by atoms with van der Waals surface area (Å²) in [6.45, 7) is 3.54. The third-order valence-electron chi connectivity index (χ3n) is 6.62. The highest BCUT2D eigenvalue weighted by atomic mass is 32.2. The van der Waals surface area contributed by atoms with Crippen molar-refractivity contribution in [2.45, 2.75) is 43.7 Å². The average Bonchev–Trinajstić information content (AvgIpc) is 3.38. The van der Waals surface area contributed by atoms with Crippen molar-refractivity contribution in [2.75, 3.05) is 11.9 Å². The van der Waals surface area contributed by atoms with E-state index in [1.54, 1.807) is 13.0 Å². The summed E-state index contributed by atoms with van der Waals surface area (Å²) in [4.78, 5) is 61.9. The number of hydrogen-bond acceptors (Lipinski definition) is 8. The number of nitrogens with zero attached hydrogens (tertiary/aromatic N) is 1. The van der Waals surface area contributed by atoms with Crippen LogP contribution in [0.2, 0.25) is 0 Å². The number of benzene rings is 1. The van der Waals surface area contributed by atoms with Crippen LogP contribution < -0.4 is 10.6 Å². The molecule has 0 bridgehead atoms. The first kappa shape index (κ1) is 25.5. The first-order chi connectivity index (χ1) is 17.0. The normalized spacial score (nSPS) is 29.5. The van der Waals surface area contributed by atoms with E-state index in [1.165, 1.54) is 36.9 Å². The summed E-state index contributed by atoms with van der Waals surface area (Å²) in [6.07, 6.45) is -1.47. The lowest BCUT2D eigenvalue weighted by Gasteiger charge is -2.39. The third kappa shape index (κ3) is 4.63. The van der Waals surface area contributed by atoms with E-state index in [-0.39, 0.29) is 22.4 Å². The standard InChI is InChI=1S/C23H25N3O9S/c1-9-16-15(21(30)31)10(2)35-23(34)26(16)17(22(32)33)18(9)36-13-7-14(24-8-13)19(27)25-12-5-3-4-11(6-12)20(28)29/h3-6,9-10,13-16,24H,7-8H2,1-2H3,(H,25,27)(H,28,29)(H,30,31)(H,32,33)/t9-,10+,13+,14+,15-,16-/m1/s1. The molecule has 3 aliphatic heterocycles. The van der Waals surface area contributed by atoms with Crippen LogP contribution in [0.3, 0.4) is 0 Å². The summed E-state index contributed by atoms with van der Waals surface area (Å²) in [5.74, 6) is -5.70. The third-order valence-corrected chi connectivity index (χ3v) is 8.13. The van der Waals surface area contributed by atoms with Crippen molar-refractivity contribution in [3.05, 3.63) is 40.4 Å². The van der Waals surface area contributed by atoms with Crippen LogP contribution in [0.1, 0.15) is 30.6 Å². The molecule has 0 radical (unpaired) electrons. The number of ether oxygens (including phenoxy) is 1. The molecule has 1 aromatic rings. The van der Waals surface area contributed by atoms with Crippen molar-refractivity contribution >= 4 is 47.4 Å². The zero-order valence-corrected chi connectivity index (χ0v) is 20.2. The second-order valence-corrected chi connectivity index (χ2v) is 10.3. The van der Waals surface area contributed by atoms with E-state index in [0.717, 1.165) is 4.90 Å². The van der Waals surface area contributed by atoms with Gasteiger partial charge < -0.3 is 30.7 Å². The molecule has 5 N–H and O–H groups in total. The van der Waals surface area contributed by atoms with Crippen molar-refractivity contribution in [1.82, 2.24) is 10.2 Å². The second kappa shape index (κ2) is 9.82. The van der Waals surface area contributed by atoms with Gasteiger partial charge in [0.05, 0.1) is 17.6 Å². The fourth-order valence-electron chi connectivity index (χ4n) is 4.96. The molecule has 12 nitrogen and oxygen atoms in total. The number of amides is 2. The minimum absolute atomic E-state index is 0.0351. The lowest BCUT2D eigenvalue weighted by atomic mass is 9.86. The number of carboxylic acid groups (broad SMARTS) is 3. The molecule has 2 fully saturated rings. The molecule has 0 saturated carbocycles. The van der Waals surface area contributed by atoms with Crippen LogP contribution in [-0.2, 0) is 19.1 Å². The predicted octanol–water partition coefficient (Wildman–Crippen LogP) is 1.64. The number of carbonyl (C=O) groups excluding carboxylic acids is 2. The predicted molar refractivity (Wildman–Crippen MR) is 126 cm³/mol. The first-order valence-corrected chi connectivity index (χ1v) is 12.1.